The Morgan fingerprint density at radius 2 is 1.88 bits per heavy atom. The first-order valence-electron chi connectivity index (χ1n) is 6.82. The lowest BCUT2D eigenvalue weighted by Crippen LogP contribution is -2.27. The summed E-state index contributed by atoms with van der Waals surface area (Å²) in [5.74, 6) is 0.925. The Hall–Kier alpha value is 0.440. The second-order valence-corrected chi connectivity index (χ2v) is 7.02. The van der Waals surface area contributed by atoms with Gasteiger partial charge in [-0.2, -0.15) is 0 Å². The van der Waals surface area contributed by atoms with Crippen molar-refractivity contribution in [3.8, 4) is 0 Å². The number of likely N-dealkylation sites (tertiary alicyclic amines) is 1. The molecule has 2 heteroatoms. The van der Waals surface area contributed by atoms with E-state index in [-0.39, 0.29) is 0 Å². The van der Waals surface area contributed by atoms with Gasteiger partial charge in [-0.1, -0.05) is 36.7 Å². The molecule has 1 atom stereocenters. The zero-order chi connectivity index (χ0) is 12.0. The van der Waals surface area contributed by atoms with Gasteiger partial charge in [0.25, 0.3) is 0 Å². The number of unbranched alkanes of at least 4 members (excludes halogenated alkanes) is 1. The van der Waals surface area contributed by atoms with Gasteiger partial charge in [0.2, 0.25) is 0 Å². The van der Waals surface area contributed by atoms with E-state index in [0.717, 1.165) is 11.2 Å². The van der Waals surface area contributed by atoms with Gasteiger partial charge in [-0.3, -0.25) is 0 Å². The summed E-state index contributed by atoms with van der Waals surface area (Å²) in [4.78, 5) is 2.68. The molecule has 1 fully saturated rings. The minimum Gasteiger partial charge on any atom is -0.303 e. The maximum atomic E-state index is 3.51. The minimum atomic E-state index is 0.506. The molecule has 1 saturated heterocycles. The number of hydrogen-bond donors (Lipinski definition) is 0. The summed E-state index contributed by atoms with van der Waals surface area (Å²) in [5, 5.41) is 1.16. The molecule has 1 heterocycles. The lowest BCUT2D eigenvalue weighted by molar-refractivity contribution is 0.207. The van der Waals surface area contributed by atoms with Gasteiger partial charge >= 0.3 is 0 Å². The van der Waals surface area contributed by atoms with E-state index < -0.39 is 0 Å². The molecule has 0 aromatic carbocycles. The quantitative estimate of drug-likeness (QED) is 0.551. The molecule has 16 heavy (non-hydrogen) atoms. The largest absolute Gasteiger partial charge is 0.303 e. The molecular formula is C14H28BrN. The zero-order valence-corrected chi connectivity index (χ0v) is 12.9. The molecular weight excluding hydrogens is 262 g/mol. The Kier molecular flexibility index (Phi) is 6.35. The molecule has 1 aliphatic heterocycles. The normalized spacial score (nSPS) is 24.4. The number of alkyl halides is 1. The molecule has 0 bridgehead atoms. The third-order valence-electron chi connectivity index (χ3n) is 3.90. The monoisotopic (exact) mass is 289 g/mol. The van der Waals surface area contributed by atoms with Gasteiger partial charge in [0, 0.05) is 5.33 Å². The van der Waals surface area contributed by atoms with E-state index >= 15 is 0 Å². The molecule has 1 nitrogen and oxygen atoms in total. The summed E-state index contributed by atoms with van der Waals surface area (Å²) in [6.45, 7) is 11.2. The summed E-state index contributed by atoms with van der Waals surface area (Å²) in [7, 11) is 0. The first kappa shape index (κ1) is 14.5. The Labute approximate surface area is 110 Å². The van der Waals surface area contributed by atoms with Crippen LogP contribution in [-0.2, 0) is 0 Å². The van der Waals surface area contributed by atoms with Crippen LogP contribution in [-0.4, -0.2) is 29.9 Å². The number of halogens is 1. The lowest BCUT2D eigenvalue weighted by atomic mass is 9.77. The van der Waals surface area contributed by atoms with E-state index in [9.17, 15) is 0 Å². The topological polar surface area (TPSA) is 3.24 Å². The van der Waals surface area contributed by atoms with Gasteiger partial charge in [0.15, 0.2) is 0 Å². The van der Waals surface area contributed by atoms with E-state index in [1.165, 1.54) is 51.7 Å². The first-order valence-corrected chi connectivity index (χ1v) is 7.94. The van der Waals surface area contributed by atoms with Crippen LogP contribution in [0.4, 0.5) is 0 Å². The second kappa shape index (κ2) is 7.00. The fraction of sp³-hybridized carbons (Fsp3) is 1.00. The molecule has 1 rings (SSSR count). The second-order valence-electron chi connectivity index (χ2n) is 6.23. The van der Waals surface area contributed by atoms with Gasteiger partial charge in [-0.05, 0) is 63.1 Å². The van der Waals surface area contributed by atoms with Gasteiger partial charge in [0.05, 0.1) is 0 Å². The van der Waals surface area contributed by atoms with Gasteiger partial charge < -0.3 is 4.90 Å². The van der Waals surface area contributed by atoms with Crippen molar-refractivity contribution >= 4 is 15.9 Å². The summed E-state index contributed by atoms with van der Waals surface area (Å²) in [6.07, 6.45) is 6.90. The standard InChI is InChI=1S/C14H28BrN/c1-14(2,3)13-7-6-11-16(12-8-13)10-5-4-9-15/h13H,4-12H2,1-3H3. The van der Waals surface area contributed by atoms with E-state index in [1.54, 1.807) is 0 Å². The van der Waals surface area contributed by atoms with Crippen molar-refractivity contribution in [2.24, 2.45) is 11.3 Å². The highest BCUT2D eigenvalue weighted by molar-refractivity contribution is 9.09. The zero-order valence-electron chi connectivity index (χ0n) is 11.3. The van der Waals surface area contributed by atoms with Crippen LogP contribution in [0.3, 0.4) is 0 Å². The van der Waals surface area contributed by atoms with E-state index in [1.807, 2.05) is 0 Å². The van der Waals surface area contributed by atoms with Crippen molar-refractivity contribution in [2.45, 2.75) is 52.9 Å². The van der Waals surface area contributed by atoms with E-state index in [4.69, 9.17) is 0 Å². The summed E-state index contributed by atoms with van der Waals surface area (Å²) in [6, 6.07) is 0. The molecule has 0 aromatic rings. The molecule has 0 aliphatic carbocycles. The molecule has 1 unspecified atom stereocenters. The molecule has 0 radical (unpaired) electrons. The minimum absolute atomic E-state index is 0.506. The highest BCUT2D eigenvalue weighted by Gasteiger charge is 2.26. The fourth-order valence-corrected chi connectivity index (χ4v) is 3.07. The van der Waals surface area contributed by atoms with Crippen molar-refractivity contribution < 1.29 is 0 Å². The van der Waals surface area contributed by atoms with Crippen LogP contribution in [0, 0.1) is 11.3 Å². The Bertz CT molecular complexity index is 186. The van der Waals surface area contributed by atoms with Crippen molar-refractivity contribution in [1.82, 2.24) is 4.90 Å². The number of rotatable bonds is 4. The highest BCUT2D eigenvalue weighted by Crippen LogP contribution is 2.34. The molecule has 0 aromatic heterocycles. The Morgan fingerprint density at radius 3 is 2.50 bits per heavy atom. The van der Waals surface area contributed by atoms with Crippen LogP contribution in [0.2, 0.25) is 0 Å². The Balaban J connectivity index is 2.29. The summed E-state index contributed by atoms with van der Waals surface area (Å²) >= 11 is 3.51. The predicted molar refractivity (Wildman–Crippen MR) is 76.3 cm³/mol. The smallest absolute Gasteiger partial charge is 0.00317 e. The SMILES string of the molecule is CC(C)(C)C1CCCN(CCCCBr)CC1. The Morgan fingerprint density at radius 1 is 1.12 bits per heavy atom. The van der Waals surface area contributed by atoms with Crippen molar-refractivity contribution in [3.05, 3.63) is 0 Å². The van der Waals surface area contributed by atoms with Gasteiger partial charge in [-0.15, -0.1) is 0 Å². The first-order chi connectivity index (χ1) is 7.54. The van der Waals surface area contributed by atoms with Crippen molar-refractivity contribution in [1.29, 1.82) is 0 Å². The highest BCUT2D eigenvalue weighted by atomic mass is 79.9. The summed E-state index contributed by atoms with van der Waals surface area (Å²) < 4.78 is 0. The third kappa shape index (κ3) is 5.18. The molecule has 0 amide bonds. The molecule has 0 spiro atoms. The maximum Gasteiger partial charge on any atom is 0.00317 e. The average molecular weight is 290 g/mol. The number of nitrogens with zero attached hydrogens (tertiary/aromatic N) is 1. The fourth-order valence-electron chi connectivity index (χ4n) is 2.68. The number of hydrogen-bond acceptors (Lipinski definition) is 1. The van der Waals surface area contributed by atoms with E-state index in [2.05, 4.69) is 41.6 Å². The van der Waals surface area contributed by atoms with Crippen LogP contribution in [0.15, 0.2) is 0 Å². The maximum absolute atomic E-state index is 3.51. The third-order valence-corrected chi connectivity index (χ3v) is 4.46. The molecule has 0 N–H and O–H groups in total. The molecule has 96 valence electrons. The van der Waals surface area contributed by atoms with Crippen LogP contribution in [0.1, 0.15) is 52.9 Å². The van der Waals surface area contributed by atoms with Crippen LogP contribution >= 0.6 is 15.9 Å². The van der Waals surface area contributed by atoms with Crippen LogP contribution in [0.5, 0.6) is 0 Å². The van der Waals surface area contributed by atoms with Crippen LogP contribution in [0.25, 0.3) is 0 Å². The van der Waals surface area contributed by atoms with Crippen LogP contribution < -0.4 is 0 Å². The van der Waals surface area contributed by atoms with Crippen molar-refractivity contribution in [2.75, 3.05) is 25.0 Å². The lowest BCUT2D eigenvalue weighted by Gasteiger charge is -2.29. The molecule has 0 saturated carbocycles. The molecule has 1 aliphatic rings. The van der Waals surface area contributed by atoms with Gasteiger partial charge in [0.1, 0.15) is 0 Å². The van der Waals surface area contributed by atoms with E-state index in [0.29, 0.717) is 5.41 Å². The van der Waals surface area contributed by atoms with Gasteiger partial charge in [-0.25, -0.2) is 0 Å². The van der Waals surface area contributed by atoms with Crippen molar-refractivity contribution in [3.63, 3.8) is 0 Å². The predicted octanol–water partition coefficient (Wildman–Crippen LogP) is 4.31. The average Bonchev–Trinajstić information content (AvgIpc) is 2.43. The summed E-state index contributed by atoms with van der Waals surface area (Å²) in [5.41, 5.74) is 0.506.